The number of carbonyl (C=O) groups is 1. The van der Waals surface area contributed by atoms with Crippen molar-refractivity contribution in [2.24, 2.45) is 0 Å². The minimum atomic E-state index is -0.302. The predicted molar refractivity (Wildman–Crippen MR) is 135 cm³/mol. The monoisotopic (exact) mass is 464 g/mol. The fourth-order valence-electron chi connectivity index (χ4n) is 3.51. The summed E-state index contributed by atoms with van der Waals surface area (Å²) in [6, 6.07) is 17.8. The molecule has 33 heavy (non-hydrogen) atoms. The number of carbonyl (C=O) groups excluding carboxylic acids is 1. The fourth-order valence-corrected chi connectivity index (χ4v) is 4.34. The van der Waals surface area contributed by atoms with E-state index in [9.17, 15) is 4.79 Å². The van der Waals surface area contributed by atoms with Crippen LogP contribution in [-0.2, 0) is 11.3 Å². The van der Waals surface area contributed by atoms with E-state index in [0.717, 1.165) is 11.4 Å². The third-order valence-electron chi connectivity index (χ3n) is 5.29. The molecule has 0 saturated carbocycles. The van der Waals surface area contributed by atoms with E-state index in [1.165, 1.54) is 17.3 Å². The smallest absolute Gasteiger partial charge is 0.237 e. The highest BCUT2D eigenvalue weighted by Gasteiger charge is 2.21. The lowest BCUT2D eigenvalue weighted by atomic mass is 10.0. The van der Waals surface area contributed by atoms with Gasteiger partial charge in [-0.3, -0.25) is 9.36 Å². The summed E-state index contributed by atoms with van der Waals surface area (Å²) >= 11 is 1.38. The summed E-state index contributed by atoms with van der Waals surface area (Å²) in [6.45, 7) is 13.3. The molecule has 174 valence electrons. The second-order valence-corrected chi connectivity index (χ2v) is 8.93. The molecule has 0 bridgehead atoms. The first-order chi connectivity index (χ1) is 15.9. The molecule has 3 rings (SSSR count). The number of rotatable bonds is 11. The van der Waals surface area contributed by atoms with Crippen LogP contribution < -0.4 is 9.64 Å². The van der Waals surface area contributed by atoms with Crippen LogP contribution in [0.1, 0.15) is 51.1 Å². The molecule has 1 aromatic heterocycles. The summed E-state index contributed by atoms with van der Waals surface area (Å²) in [5, 5.41) is 9.39. The number of allylic oxidation sites excluding steroid dienone is 1. The SMILES string of the molecule is C=CCn1c(SCC(=O)N(CC)c2ccccc2)nnc1C(C)Oc1ccc(C(C)C)cc1. The Balaban J connectivity index is 1.70. The Morgan fingerprint density at radius 1 is 1.12 bits per heavy atom. The summed E-state index contributed by atoms with van der Waals surface area (Å²) in [4.78, 5) is 14.6. The van der Waals surface area contributed by atoms with E-state index in [1.54, 1.807) is 11.0 Å². The van der Waals surface area contributed by atoms with Crippen molar-refractivity contribution in [1.29, 1.82) is 0 Å². The largest absolute Gasteiger partial charge is 0.483 e. The maximum atomic E-state index is 12.9. The molecule has 0 spiro atoms. The zero-order chi connectivity index (χ0) is 23.8. The van der Waals surface area contributed by atoms with Crippen LogP contribution in [-0.4, -0.2) is 33.0 Å². The molecule has 2 aromatic carbocycles. The van der Waals surface area contributed by atoms with Crippen molar-refractivity contribution in [2.75, 3.05) is 17.2 Å². The van der Waals surface area contributed by atoms with E-state index < -0.39 is 0 Å². The molecule has 6 nitrogen and oxygen atoms in total. The zero-order valence-electron chi connectivity index (χ0n) is 19.8. The van der Waals surface area contributed by atoms with Gasteiger partial charge in [-0.05, 0) is 49.6 Å². The minimum absolute atomic E-state index is 0.0259. The van der Waals surface area contributed by atoms with Crippen molar-refractivity contribution in [1.82, 2.24) is 14.8 Å². The molecular weight excluding hydrogens is 432 g/mol. The summed E-state index contributed by atoms with van der Waals surface area (Å²) in [6.07, 6.45) is 1.49. The highest BCUT2D eigenvalue weighted by atomic mass is 32.2. The molecule has 1 unspecified atom stereocenters. The number of ether oxygens (including phenoxy) is 1. The van der Waals surface area contributed by atoms with Crippen LogP contribution >= 0.6 is 11.8 Å². The van der Waals surface area contributed by atoms with Gasteiger partial charge in [-0.15, -0.1) is 16.8 Å². The van der Waals surface area contributed by atoms with Crippen molar-refractivity contribution in [3.05, 3.63) is 78.6 Å². The molecule has 1 amide bonds. The van der Waals surface area contributed by atoms with Crippen molar-refractivity contribution >= 4 is 23.4 Å². The van der Waals surface area contributed by atoms with E-state index in [4.69, 9.17) is 4.74 Å². The van der Waals surface area contributed by atoms with Gasteiger partial charge < -0.3 is 9.64 Å². The van der Waals surface area contributed by atoms with Gasteiger partial charge in [0.2, 0.25) is 5.91 Å². The van der Waals surface area contributed by atoms with Gasteiger partial charge in [-0.1, -0.05) is 62.0 Å². The average Bonchev–Trinajstić information content (AvgIpc) is 3.22. The summed E-state index contributed by atoms with van der Waals surface area (Å²) in [5.74, 6) is 2.25. The van der Waals surface area contributed by atoms with Crippen LogP contribution in [0.5, 0.6) is 5.75 Å². The van der Waals surface area contributed by atoms with Crippen LogP contribution in [0.2, 0.25) is 0 Å². The number of hydrogen-bond acceptors (Lipinski definition) is 5. The first-order valence-electron chi connectivity index (χ1n) is 11.2. The Kier molecular flexibility index (Phi) is 8.72. The molecule has 0 saturated heterocycles. The number of thioether (sulfide) groups is 1. The van der Waals surface area contributed by atoms with Gasteiger partial charge in [0.05, 0.1) is 5.75 Å². The van der Waals surface area contributed by atoms with Gasteiger partial charge in [0.25, 0.3) is 0 Å². The quantitative estimate of drug-likeness (QED) is 0.262. The van der Waals surface area contributed by atoms with Crippen molar-refractivity contribution < 1.29 is 9.53 Å². The third-order valence-corrected chi connectivity index (χ3v) is 6.24. The Labute approximate surface area is 200 Å². The Morgan fingerprint density at radius 3 is 2.42 bits per heavy atom. The summed E-state index contributed by atoms with van der Waals surface area (Å²) < 4.78 is 8.09. The van der Waals surface area contributed by atoms with Gasteiger partial charge >= 0.3 is 0 Å². The average molecular weight is 465 g/mol. The Bertz CT molecular complexity index is 1050. The standard InChI is InChI=1S/C26H32N4O2S/c1-6-17-30-25(20(5)32-23-15-13-21(14-16-23)19(3)4)27-28-26(30)33-18-24(31)29(7-2)22-11-9-8-10-12-22/h6,8-16,19-20H,1,7,17-18H2,2-5H3. The molecule has 1 atom stereocenters. The zero-order valence-corrected chi connectivity index (χ0v) is 20.6. The lowest BCUT2D eigenvalue weighted by molar-refractivity contribution is -0.116. The topological polar surface area (TPSA) is 60.2 Å². The number of para-hydroxylation sites is 1. The van der Waals surface area contributed by atoms with Gasteiger partial charge in [-0.2, -0.15) is 0 Å². The van der Waals surface area contributed by atoms with Crippen molar-refractivity contribution in [3.63, 3.8) is 0 Å². The number of amides is 1. The summed E-state index contributed by atoms with van der Waals surface area (Å²) in [5.41, 5.74) is 2.16. The van der Waals surface area contributed by atoms with E-state index in [-0.39, 0.29) is 17.8 Å². The van der Waals surface area contributed by atoms with Crippen molar-refractivity contribution in [3.8, 4) is 5.75 Å². The molecule has 0 aliphatic heterocycles. The van der Waals surface area contributed by atoms with Crippen LogP contribution in [0.25, 0.3) is 0 Å². The molecule has 0 radical (unpaired) electrons. The predicted octanol–water partition coefficient (Wildman–Crippen LogP) is 5.87. The number of benzene rings is 2. The Hall–Kier alpha value is -3.06. The lowest BCUT2D eigenvalue weighted by Crippen LogP contribution is -2.32. The molecule has 3 aromatic rings. The second-order valence-electron chi connectivity index (χ2n) is 7.99. The van der Waals surface area contributed by atoms with Crippen LogP contribution in [0.15, 0.2) is 72.4 Å². The molecule has 0 N–H and O–H groups in total. The number of aromatic nitrogens is 3. The molecule has 7 heteroatoms. The number of anilines is 1. The van der Waals surface area contributed by atoms with Crippen LogP contribution in [0, 0.1) is 0 Å². The van der Waals surface area contributed by atoms with Gasteiger partial charge in [0.15, 0.2) is 17.1 Å². The van der Waals surface area contributed by atoms with Crippen molar-refractivity contribution in [2.45, 2.75) is 51.4 Å². The van der Waals surface area contributed by atoms with E-state index >= 15 is 0 Å². The van der Waals surface area contributed by atoms with E-state index in [2.05, 4.69) is 42.8 Å². The van der Waals surface area contributed by atoms with E-state index in [0.29, 0.717) is 30.0 Å². The molecular formula is C26H32N4O2S. The number of hydrogen-bond donors (Lipinski definition) is 0. The van der Waals surface area contributed by atoms with E-state index in [1.807, 2.05) is 60.9 Å². The molecule has 0 fully saturated rings. The maximum absolute atomic E-state index is 12.9. The van der Waals surface area contributed by atoms with Crippen LogP contribution in [0.3, 0.4) is 0 Å². The van der Waals surface area contributed by atoms with Gasteiger partial charge in [-0.25, -0.2) is 0 Å². The molecule has 0 aliphatic carbocycles. The van der Waals surface area contributed by atoms with Gasteiger partial charge in [0.1, 0.15) is 5.75 Å². The number of nitrogens with zero attached hydrogens (tertiary/aromatic N) is 4. The first-order valence-corrected chi connectivity index (χ1v) is 12.2. The van der Waals surface area contributed by atoms with Gasteiger partial charge in [0, 0.05) is 18.8 Å². The second kappa shape index (κ2) is 11.7. The maximum Gasteiger partial charge on any atom is 0.237 e. The molecule has 1 heterocycles. The highest BCUT2D eigenvalue weighted by molar-refractivity contribution is 7.99. The Morgan fingerprint density at radius 2 is 1.82 bits per heavy atom. The van der Waals surface area contributed by atoms with Crippen LogP contribution in [0.4, 0.5) is 5.69 Å². The third kappa shape index (κ3) is 6.26. The first kappa shape index (κ1) is 24.6. The fraction of sp³-hybridized carbons (Fsp3) is 0.346. The minimum Gasteiger partial charge on any atom is -0.483 e. The molecule has 0 aliphatic rings. The highest BCUT2D eigenvalue weighted by Crippen LogP contribution is 2.26. The lowest BCUT2D eigenvalue weighted by Gasteiger charge is -2.21. The summed E-state index contributed by atoms with van der Waals surface area (Å²) in [7, 11) is 0. The normalized spacial score (nSPS) is 11.9.